The van der Waals surface area contributed by atoms with E-state index in [2.05, 4.69) is 29.0 Å². The lowest BCUT2D eigenvalue weighted by Crippen LogP contribution is -2.52. The van der Waals surface area contributed by atoms with Crippen molar-refractivity contribution in [1.29, 1.82) is 0 Å². The van der Waals surface area contributed by atoms with Crippen LogP contribution in [0.15, 0.2) is 0 Å². The van der Waals surface area contributed by atoms with Gasteiger partial charge in [-0.05, 0) is 58.3 Å². The van der Waals surface area contributed by atoms with E-state index in [-0.39, 0.29) is 0 Å². The van der Waals surface area contributed by atoms with E-state index in [1.807, 2.05) is 0 Å². The Morgan fingerprint density at radius 3 is 2.50 bits per heavy atom. The Balaban J connectivity index is 1.64. The summed E-state index contributed by atoms with van der Waals surface area (Å²) in [6, 6.07) is 1.16. The average Bonchev–Trinajstić information content (AvgIpc) is 2.44. The fourth-order valence-corrected chi connectivity index (χ4v) is 3.70. The predicted molar refractivity (Wildman–Crippen MR) is 87.1 cm³/mol. The van der Waals surface area contributed by atoms with Crippen LogP contribution in [0.4, 0.5) is 0 Å². The highest BCUT2D eigenvalue weighted by Crippen LogP contribution is 2.22. The molecular weight excluding hydrogens is 270 g/mol. The van der Waals surface area contributed by atoms with Gasteiger partial charge in [0.05, 0.1) is 13.2 Å². The molecule has 0 aliphatic carbocycles. The van der Waals surface area contributed by atoms with Crippen molar-refractivity contribution in [2.75, 3.05) is 39.4 Å². The zero-order valence-electron chi connectivity index (χ0n) is 12.9. The van der Waals surface area contributed by atoms with Crippen molar-refractivity contribution in [2.24, 2.45) is 0 Å². The molecule has 2 aliphatic rings. The van der Waals surface area contributed by atoms with Crippen molar-refractivity contribution in [2.45, 2.75) is 51.6 Å². The molecule has 2 saturated heterocycles. The van der Waals surface area contributed by atoms with Gasteiger partial charge in [-0.3, -0.25) is 4.90 Å². The molecule has 2 aliphatic heterocycles. The summed E-state index contributed by atoms with van der Waals surface area (Å²) >= 11 is 5.58. The fraction of sp³-hybridized carbons (Fsp3) is 0.933. The zero-order chi connectivity index (χ0) is 14.4. The number of morpholine rings is 1. The number of thiocarbonyl (C=S) groups is 1. The topological polar surface area (TPSA) is 27.7 Å². The molecule has 2 heterocycles. The molecule has 4 nitrogen and oxygen atoms in total. The fourth-order valence-electron chi connectivity index (χ4n) is 3.24. The first-order chi connectivity index (χ1) is 9.68. The molecule has 2 atom stereocenters. The lowest BCUT2D eigenvalue weighted by molar-refractivity contribution is 0.0375. The maximum Gasteiger partial charge on any atom is 0.169 e. The molecule has 0 amide bonds. The largest absolute Gasteiger partial charge is 0.379 e. The molecule has 0 bridgehead atoms. The zero-order valence-corrected chi connectivity index (χ0v) is 13.8. The van der Waals surface area contributed by atoms with Gasteiger partial charge in [0.15, 0.2) is 5.11 Å². The Kier molecular flexibility index (Phi) is 6.52. The second-order valence-corrected chi connectivity index (χ2v) is 6.46. The van der Waals surface area contributed by atoms with E-state index < -0.39 is 0 Å². The van der Waals surface area contributed by atoms with Gasteiger partial charge < -0.3 is 15.0 Å². The van der Waals surface area contributed by atoms with Crippen LogP contribution < -0.4 is 5.32 Å². The van der Waals surface area contributed by atoms with Crippen molar-refractivity contribution in [1.82, 2.24) is 15.1 Å². The number of likely N-dealkylation sites (tertiary alicyclic amines) is 1. The van der Waals surface area contributed by atoms with Crippen LogP contribution in [-0.4, -0.2) is 66.4 Å². The Labute approximate surface area is 128 Å². The molecule has 0 aromatic rings. The molecule has 0 spiro atoms. The number of nitrogens with one attached hydrogen (secondary N) is 1. The number of nitrogens with zero attached hydrogens (tertiary/aromatic N) is 2. The minimum absolute atomic E-state index is 0.581. The molecule has 2 fully saturated rings. The summed E-state index contributed by atoms with van der Waals surface area (Å²) in [5, 5.41) is 4.40. The molecule has 0 aromatic heterocycles. The number of hydrogen-bond donors (Lipinski definition) is 1. The van der Waals surface area contributed by atoms with Gasteiger partial charge in [0, 0.05) is 31.7 Å². The number of ether oxygens (including phenoxy) is 1. The van der Waals surface area contributed by atoms with E-state index in [0.29, 0.717) is 12.1 Å². The third-order valence-electron chi connectivity index (χ3n) is 4.46. The highest BCUT2D eigenvalue weighted by Gasteiger charge is 2.26. The second kappa shape index (κ2) is 8.15. The summed E-state index contributed by atoms with van der Waals surface area (Å²) in [5.74, 6) is 0. The van der Waals surface area contributed by atoms with Crippen molar-refractivity contribution >= 4 is 17.3 Å². The monoisotopic (exact) mass is 299 g/mol. The SMILES string of the molecule is C[C@H]1CCC[C@H](C)N1C(=S)NCCCN1CCOCC1. The van der Waals surface area contributed by atoms with Crippen LogP contribution >= 0.6 is 12.2 Å². The normalized spacial score (nSPS) is 28.4. The molecule has 1 N–H and O–H groups in total. The Bertz CT molecular complexity index is 297. The first-order valence-electron chi connectivity index (χ1n) is 8.04. The van der Waals surface area contributed by atoms with E-state index in [0.717, 1.165) is 50.9 Å². The maximum atomic E-state index is 5.58. The lowest BCUT2D eigenvalue weighted by Gasteiger charge is -2.41. The quantitative estimate of drug-likeness (QED) is 0.632. The summed E-state index contributed by atoms with van der Waals surface area (Å²) in [4.78, 5) is 4.87. The summed E-state index contributed by atoms with van der Waals surface area (Å²) < 4.78 is 5.36. The van der Waals surface area contributed by atoms with Crippen LogP contribution in [0.3, 0.4) is 0 Å². The van der Waals surface area contributed by atoms with Crippen molar-refractivity contribution in [3.63, 3.8) is 0 Å². The highest BCUT2D eigenvalue weighted by atomic mass is 32.1. The van der Waals surface area contributed by atoms with Crippen LogP contribution in [0.1, 0.15) is 39.5 Å². The summed E-state index contributed by atoms with van der Waals surface area (Å²) in [5.41, 5.74) is 0. The molecule has 5 heteroatoms. The first-order valence-corrected chi connectivity index (χ1v) is 8.45. The second-order valence-electron chi connectivity index (χ2n) is 6.08. The molecule has 116 valence electrons. The van der Waals surface area contributed by atoms with Crippen molar-refractivity contribution < 1.29 is 4.74 Å². The molecule has 20 heavy (non-hydrogen) atoms. The van der Waals surface area contributed by atoms with Crippen molar-refractivity contribution in [3.8, 4) is 0 Å². The van der Waals surface area contributed by atoms with E-state index >= 15 is 0 Å². The highest BCUT2D eigenvalue weighted by molar-refractivity contribution is 7.80. The molecule has 0 unspecified atom stereocenters. The van der Waals surface area contributed by atoms with Gasteiger partial charge in [-0.25, -0.2) is 0 Å². The average molecular weight is 299 g/mol. The molecule has 0 saturated carbocycles. The smallest absolute Gasteiger partial charge is 0.169 e. The Morgan fingerprint density at radius 2 is 1.85 bits per heavy atom. The number of piperidine rings is 1. The van der Waals surface area contributed by atoms with E-state index in [1.54, 1.807) is 0 Å². The maximum absolute atomic E-state index is 5.58. The van der Waals surface area contributed by atoms with Gasteiger partial charge in [0.25, 0.3) is 0 Å². The van der Waals surface area contributed by atoms with Crippen LogP contribution in [0.5, 0.6) is 0 Å². The van der Waals surface area contributed by atoms with E-state index in [1.165, 1.54) is 19.3 Å². The van der Waals surface area contributed by atoms with Gasteiger partial charge in [0.2, 0.25) is 0 Å². The third kappa shape index (κ3) is 4.57. The summed E-state index contributed by atoms with van der Waals surface area (Å²) in [6.45, 7) is 10.6. The predicted octanol–water partition coefficient (Wildman–Crippen LogP) is 1.85. The van der Waals surface area contributed by atoms with Crippen LogP contribution in [0, 0.1) is 0 Å². The summed E-state index contributed by atoms with van der Waals surface area (Å²) in [7, 11) is 0. The molecule has 0 radical (unpaired) electrons. The van der Waals surface area contributed by atoms with Gasteiger partial charge in [-0.2, -0.15) is 0 Å². The van der Waals surface area contributed by atoms with E-state index in [9.17, 15) is 0 Å². The Hall–Kier alpha value is -0.390. The lowest BCUT2D eigenvalue weighted by atomic mass is 9.98. The standard InChI is InChI=1S/C15H29N3OS/c1-13-5-3-6-14(2)18(13)15(20)16-7-4-8-17-9-11-19-12-10-17/h13-14H,3-12H2,1-2H3,(H,16,20)/t13-,14-/m0/s1. The Morgan fingerprint density at radius 1 is 1.20 bits per heavy atom. The minimum Gasteiger partial charge on any atom is -0.379 e. The number of hydrogen-bond acceptors (Lipinski definition) is 3. The van der Waals surface area contributed by atoms with Gasteiger partial charge in [-0.1, -0.05) is 0 Å². The van der Waals surface area contributed by atoms with Crippen LogP contribution in [-0.2, 0) is 4.74 Å². The molecule has 2 rings (SSSR count). The van der Waals surface area contributed by atoms with Gasteiger partial charge >= 0.3 is 0 Å². The third-order valence-corrected chi connectivity index (χ3v) is 4.81. The minimum atomic E-state index is 0.581. The molecule has 0 aromatic carbocycles. The van der Waals surface area contributed by atoms with E-state index in [4.69, 9.17) is 17.0 Å². The first kappa shape index (κ1) is 16.0. The van der Waals surface area contributed by atoms with Gasteiger partial charge in [0.1, 0.15) is 0 Å². The van der Waals surface area contributed by atoms with Crippen LogP contribution in [0.25, 0.3) is 0 Å². The van der Waals surface area contributed by atoms with Crippen molar-refractivity contribution in [3.05, 3.63) is 0 Å². The van der Waals surface area contributed by atoms with Crippen LogP contribution in [0.2, 0.25) is 0 Å². The molecular formula is C15H29N3OS. The number of rotatable bonds is 4. The summed E-state index contributed by atoms with van der Waals surface area (Å²) in [6.07, 6.45) is 5.01. The van der Waals surface area contributed by atoms with Gasteiger partial charge in [-0.15, -0.1) is 0 Å².